The van der Waals surface area contributed by atoms with E-state index in [4.69, 9.17) is 4.52 Å². The first-order chi connectivity index (χ1) is 10.3. The van der Waals surface area contributed by atoms with Crippen LogP contribution in [0.15, 0.2) is 29.4 Å². The zero-order valence-electron chi connectivity index (χ0n) is 12.1. The molecule has 2 aliphatic heterocycles. The van der Waals surface area contributed by atoms with Crippen molar-refractivity contribution >= 4 is 5.82 Å². The molecule has 6 nitrogen and oxygen atoms in total. The van der Waals surface area contributed by atoms with Gasteiger partial charge in [0.2, 0.25) is 0 Å². The second kappa shape index (κ2) is 5.11. The number of rotatable bonds is 3. The molecule has 4 rings (SSSR count). The van der Waals surface area contributed by atoms with Crippen molar-refractivity contribution < 1.29 is 4.52 Å². The van der Waals surface area contributed by atoms with Crippen molar-refractivity contribution in [2.24, 2.45) is 11.8 Å². The van der Waals surface area contributed by atoms with Crippen LogP contribution in [0.5, 0.6) is 0 Å². The van der Waals surface area contributed by atoms with Crippen LogP contribution < -0.4 is 4.90 Å². The molecule has 6 heteroatoms. The summed E-state index contributed by atoms with van der Waals surface area (Å²) in [6.45, 7) is 7.45. The number of aromatic nitrogens is 3. The third kappa shape index (κ3) is 2.40. The molecule has 0 saturated carbocycles. The van der Waals surface area contributed by atoms with Gasteiger partial charge in [0.25, 0.3) is 0 Å². The maximum Gasteiger partial charge on any atom is 0.134 e. The van der Waals surface area contributed by atoms with Crippen LogP contribution in [0.4, 0.5) is 5.82 Å². The van der Waals surface area contributed by atoms with Crippen molar-refractivity contribution in [1.82, 2.24) is 20.0 Å². The Bertz CT molecular complexity index is 600. The molecular formula is C15H19N5O. The van der Waals surface area contributed by atoms with E-state index in [0.717, 1.165) is 61.6 Å². The van der Waals surface area contributed by atoms with E-state index in [1.807, 2.05) is 12.3 Å². The SMILES string of the molecule is Cc1cncnc1N1CC2CN(Cc3ccon3)CC2C1. The molecule has 2 unspecified atom stereocenters. The zero-order chi connectivity index (χ0) is 14.2. The van der Waals surface area contributed by atoms with Crippen LogP contribution >= 0.6 is 0 Å². The fraction of sp³-hybridized carbons (Fsp3) is 0.533. The Balaban J connectivity index is 1.40. The lowest BCUT2D eigenvalue weighted by atomic mass is 10.0. The first kappa shape index (κ1) is 12.8. The fourth-order valence-corrected chi connectivity index (χ4v) is 3.66. The number of anilines is 1. The Morgan fingerprint density at radius 3 is 2.71 bits per heavy atom. The van der Waals surface area contributed by atoms with E-state index in [2.05, 4.69) is 31.8 Å². The maximum absolute atomic E-state index is 4.91. The predicted octanol–water partition coefficient (Wildman–Crippen LogP) is 1.34. The van der Waals surface area contributed by atoms with Crippen LogP contribution in [0.3, 0.4) is 0 Å². The molecule has 4 heterocycles. The van der Waals surface area contributed by atoms with Crippen molar-refractivity contribution in [2.45, 2.75) is 13.5 Å². The first-order valence-corrected chi connectivity index (χ1v) is 7.43. The average molecular weight is 285 g/mol. The number of hydrogen-bond acceptors (Lipinski definition) is 6. The zero-order valence-corrected chi connectivity index (χ0v) is 12.1. The molecule has 2 aromatic rings. The topological polar surface area (TPSA) is 58.3 Å². The highest BCUT2D eigenvalue weighted by Crippen LogP contribution is 2.34. The Hall–Kier alpha value is -1.95. The number of likely N-dealkylation sites (tertiary alicyclic amines) is 1. The highest BCUT2D eigenvalue weighted by Gasteiger charge is 2.40. The molecular weight excluding hydrogens is 266 g/mol. The average Bonchev–Trinajstić information content (AvgIpc) is 3.15. The highest BCUT2D eigenvalue weighted by atomic mass is 16.5. The standard InChI is InChI=1S/C15H19N5O/c1-11-4-16-10-17-15(11)20-7-12-5-19(6-13(12)8-20)9-14-2-3-21-18-14/h2-4,10,12-13H,5-9H2,1H3. The second-order valence-corrected chi connectivity index (χ2v) is 6.14. The summed E-state index contributed by atoms with van der Waals surface area (Å²) < 4.78 is 4.91. The highest BCUT2D eigenvalue weighted by molar-refractivity contribution is 5.46. The second-order valence-electron chi connectivity index (χ2n) is 6.14. The van der Waals surface area contributed by atoms with E-state index in [0.29, 0.717) is 0 Å². The molecule has 0 aromatic carbocycles. The van der Waals surface area contributed by atoms with Gasteiger partial charge in [0.05, 0.1) is 5.69 Å². The number of fused-ring (bicyclic) bond motifs is 1. The summed E-state index contributed by atoms with van der Waals surface area (Å²) in [7, 11) is 0. The minimum Gasteiger partial charge on any atom is -0.364 e. The molecule has 21 heavy (non-hydrogen) atoms. The van der Waals surface area contributed by atoms with E-state index in [1.54, 1.807) is 12.6 Å². The summed E-state index contributed by atoms with van der Waals surface area (Å²) in [6.07, 6.45) is 5.19. The maximum atomic E-state index is 4.91. The van der Waals surface area contributed by atoms with Gasteiger partial charge >= 0.3 is 0 Å². The molecule has 0 N–H and O–H groups in total. The van der Waals surface area contributed by atoms with Crippen LogP contribution in [-0.2, 0) is 6.54 Å². The Morgan fingerprint density at radius 2 is 2.05 bits per heavy atom. The van der Waals surface area contributed by atoms with Crippen LogP contribution in [0, 0.1) is 18.8 Å². The van der Waals surface area contributed by atoms with Gasteiger partial charge < -0.3 is 9.42 Å². The van der Waals surface area contributed by atoms with Gasteiger partial charge in [-0.15, -0.1) is 0 Å². The van der Waals surface area contributed by atoms with Gasteiger partial charge in [-0.25, -0.2) is 9.97 Å². The molecule has 0 spiro atoms. The van der Waals surface area contributed by atoms with Crippen molar-refractivity contribution in [3.05, 3.63) is 36.1 Å². The quantitative estimate of drug-likeness (QED) is 0.848. The van der Waals surface area contributed by atoms with Gasteiger partial charge in [0.15, 0.2) is 0 Å². The third-order valence-electron chi connectivity index (χ3n) is 4.61. The van der Waals surface area contributed by atoms with E-state index in [1.165, 1.54) is 0 Å². The molecule has 0 amide bonds. The summed E-state index contributed by atoms with van der Waals surface area (Å²) in [5.41, 5.74) is 2.19. The summed E-state index contributed by atoms with van der Waals surface area (Å²) in [4.78, 5) is 13.4. The fourth-order valence-electron chi connectivity index (χ4n) is 3.66. The lowest BCUT2D eigenvalue weighted by Crippen LogP contribution is -2.29. The Kier molecular flexibility index (Phi) is 3.11. The molecule has 0 bridgehead atoms. The molecule has 2 saturated heterocycles. The Morgan fingerprint density at radius 1 is 1.24 bits per heavy atom. The molecule has 110 valence electrons. The molecule has 0 aliphatic carbocycles. The number of hydrogen-bond donors (Lipinski definition) is 0. The van der Waals surface area contributed by atoms with Gasteiger partial charge in [-0.3, -0.25) is 4.90 Å². The lowest BCUT2D eigenvalue weighted by molar-refractivity contribution is 0.295. The largest absolute Gasteiger partial charge is 0.364 e. The molecule has 2 aromatic heterocycles. The number of nitrogens with zero attached hydrogens (tertiary/aromatic N) is 5. The van der Waals surface area contributed by atoms with Gasteiger partial charge in [0.1, 0.15) is 18.4 Å². The van der Waals surface area contributed by atoms with Crippen molar-refractivity contribution in [3.8, 4) is 0 Å². The lowest BCUT2D eigenvalue weighted by Gasteiger charge is -2.22. The predicted molar refractivity (Wildman–Crippen MR) is 77.7 cm³/mol. The van der Waals surface area contributed by atoms with E-state index in [-0.39, 0.29) is 0 Å². The summed E-state index contributed by atoms with van der Waals surface area (Å²) in [6, 6.07) is 1.95. The number of aryl methyl sites for hydroxylation is 1. The van der Waals surface area contributed by atoms with Crippen molar-refractivity contribution in [1.29, 1.82) is 0 Å². The molecule has 2 fully saturated rings. The minimum atomic E-state index is 0.728. The van der Waals surface area contributed by atoms with Crippen molar-refractivity contribution in [2.75, 3.05) is 31.1 Å². The summed E-state index contributed by atoms with van der Waals surface area (Å²) in [5.74, 6) is 2.56. The Labute approximate surface area is 123 Å². The molecule has 2 atom stereocenters. The first-order valence-electron chi connectivity index (χ1n) is 7.43. The van der Waals surface area contributed by atoms with Gasteiger partial charge in [-0.2, -0.15) is 0 Å². The van der Waals surface area contributed by atoms with Crippen LogP contribution in [0.1, 0.15) is 11.3 Å². The summed E-state index contributed by atoms with van der Waals surface area (Å²) in [5, 5.41) is 4.00. The van der Waals surface area contributed by atoms with Gasteiger partial charge in [0, 0.05) is 50.6 Å². The van der Waals surface area contributed by atoms with E-state index < -0.39 is 0 Å². The molecule has 0 radical (unpaired) electrons. The normalized spacial score (nSPS) is 25.5. The van der Waals surface area contributed by atoms with Gasteiger partial charge in [-0.05, 0) is 18.8 Å². The minimum absolute atomic E-state index is 0.728. The molecule has 2 aliphatic rings. The van der Waals surface area contributed by atoms with Crippen LogP contribution in [0.2, 0.25) is 0 Å². The van der Waals surface area contributed by atoms with Crippen LogP contribution in [-0.4, -0.2) is 46.2 Å². The smallest absolute Gasteiger partial charge is 0.134 e. The van der Waals surface area contributed by atoms with E-state index >= 15 is 0 Å². The van der Waals surface area contributed by atoms with Gasteiger partial charge in [-0.1, -0.05) is 5.16 Å². The van der Waals surface area contributed by atoms with Crippen molar-refractivity contribution in [3.63, 3.8) is 0 Å². The van der Waals surface area contributed by atoms with E-state index in [9.17, 15) is 0 Å². The monoisotopic (exact) mass is 285 g/mol. The van der Waals surface area contributed by atoms with Crippen LogP contribution in [0.25, 0.3) is 0 Å². The third-order valence-corrected chi connectivity index (χ3v) is 4.61. The summed E-state index contributed by atoms with van der Waals surface area (Å²) >= 11 is 0.